The third-order valence-electron chi connectivity index (χ3n) is 5.21. The van der Waals surface area contributed by atoms with Gasteiger partial charge in [0.15, 0.2) is 18.1 Å². The summed E-state index contributed by atoms with van der Waals surface area (Å²) in [4.78, 5) is 24.0. The van der Waals surface area contributed by atoms with E-state index in [1.165, 1.54) is 13.2 Å². The number of rotatable bonds is 7. The Labute approximate surface area is 201 Å². The molecule has 0 spiro atoms. The number of hydrogen-bond acceptors (Lipinski definition) is 7. The summed E-state index contributed by atoms with van der Waals surface area (Å²) < 4.78 is 21.5. The van der Waals surface area contributed by atoms with E-state index in [1.807, 2.05) is 37.3 Å². The van der Waals surface area contributed by atoms with Crippen molar-refractivity contribution < 1.29 is 23.4 Å². The maximum absolute atomic E-state index is 12.4. The molecule has 0 saturated carbocycles. The molecule has 3 aromatic carbocycles. The minimum absolute atomic E-state index is 0.219. The lowest BCUT2D eigenvalue weighted by molar-refractivity contribution is -0.136. The molecule has 0 N–H and O–H groups in total. The van der Waals surface area contributed by atoms with Gasteiger partial charge in [-0.1, -0.05) is 36.4 Å². The summed E-state index contributed by atoms with van der Waals surface area (Å²) in [7, 11) is 1.46. The summed E-state index contributed by atoms with van der Waals surface area (Å²) in [6.07, 6.45) is 1.73. The van der Waals surface area contributed by atoms with Gasteiger partial charge in [0.1, 0.15) is 11.3 Å². The van der Waals surface area contributed by atoms with E-state index in [-0.39, 0.29) is 12.4 Å². The fraction of sp³-hybridized carbons (Fsp3) is 0.107. The smallest absolute Gasteiger partial charge is 0.349 e. The molecule has 0 aliphatic rings. The van der Waals surface area contributed by atoms with Gasteiger partial charge in [-0.25, -0.2) is 9.59 Å². The Morgan fingerprint density at radius 2 is 1.83 bits per heavy atom. The minimum atomic E-state index is -0.639. The number of allylic oxidation sites excluding steroid dienone is 1. The minimum Gasteiger partial charge on any atom is -0.493 e. The summed E-state index contributed by atoms with van der Waals surface area (Å²) in [5.74, 6) is 0.275. The molecule has 0 unspecified atom stereocenters. The first-order valence-corrected chi connectivity index (χ1v) is 10.7. The number of carbonyl (C=O) groups is 1. The van der Waals surface area contributed by atoms with Crippen LogP contribution in [-0.4, -0.2) is 19.7 Å². The molecule has 4 aromatic rings. The molecule has 174 valence electrons. The third kappa shape index (κ3) is 5.57. The highest BCUT2D eigenvalue weighted by Crippen LogP contribution is 2.30. The molecule has 0 atom stereocenters. The Hall–Kier alpha value is -4.83. The Morgan fingerprint density at radius 3 is 2.57 bits per heavy atom. The monoisotopic (exact) mass is 467 g/mol. The van der Waals surface area contributed by atoms with E-state index in [0.717, 1.165) is 16.5 Å². The fourth-order valence-electron chi connectivity index (χ4n) is 3.51. The van der Waals surface area contributed by atoms with Crippen LogP contribution in [0.4, 0.5) is 0 Å². The second-order valence-electron chi connectivity index (χ2n) is 7.62. The van der Waals surface area contributed by atoms with Gasteiger partial charge in [0.25, 0.3) is 0 Å². The van der Waals surface area contributed by atoms with E-state index in [0.29, 0.717) is 28.2 Å². The van der Waals surface area contributed by atoms with Gasteiger partial charge >= 0.3 is 11.6 Å². The number of fused-ring (bicyclic) bond motifs is 1. The van der Waals surface area contributed by atoms with Crippen LogP contribution >= 0.6 is 0 Å². The zero-order valence-corrected chi connectivity index (χ0v) is 19.1. The van der Waals surface area contributed by atoms with Crippen molar-refractivity contribution in [1.82, 2.24) is 0 Å². The maximum atomic E-state index is 12.4. The molecular formula is C28H21NO6. The molecule has 4 rings (SSSR count). The van der Waals surface area contributed by atoms with Crippen molar-refractivity contribution >= 4 is 28.6 Å². The molecule has 0 aliphatic carbocycles. The first-order valence-electron chi connectivity index (χ1n) is 10.7. The summed E-state index contributed by atoms with van der Waals surface area (Å²) in [5.41, 5.74) is 2.71. The average Bonchev–Trinajstić information content (AvgIpc) is 2.87. The molecule has 0 amide bonds. The first-order chi connectivity index (χ1) is 17.0. The Balaban J connectivity index is 1.46. The number of hydrogen-bond donors (Lipinski definition) is 0. The van der Waals surface area contributed by atoms with E-state index in [9.17, 15) is 14.9 Å². The highest BCUT2D eigenvalue weighted by molar-refractivity contribution is 5.90. The topological polar surface area (TPSA) is 98.8 Å². The predicted octanol–water partition coefficient (Wildman–Crippen LogP) is 5.16. The summed E-state index contributed by atoms with van der Waals surface area (Å²) in [6.45, 7) is 1.45. The largest absolute Gasteiger partial charge is 0.493 e. The highest BCUT2D eigenvalue weighted by atomic mass is 16.6. The van der Waals surface area contributed by atoms with Crippen molar-refractivity contribution in [3.05, 3.63) is 99.9 Å². The second-order valence-corrected chi connectivity index (χ2v) is 7.62. The van der Waals surface area contributed by atoms with Gasteiger partial charge in [0, 0.05) is 17.5 Å². The van der Waals surface area contributed by atoms with E-state index >= 15 is 0 Å². The van der Waals surface area contributed by atoms with Gasteiger partial charge in [-0.3, -0.25) is 0 Å². The van der Waals surface area contributed by atoms with E-state index in [1.54, 1.807) is 42.5 Å². The molecule has 1 heterocycles. The number of nitrogens with zero attached hydrogens (tertiary/aromatic N) is 1. The number of carbonyl (C=O) groups excluding carboxylic acids is 1. The second kappa shape index (κ2) is 10.4. The Kier molecular flexibility index (Phi) is 6.94. The van der Waals surface area contributed by atoms with Crippen molar-refractivity contribution in [3.8, 4) is 23.3 Å². The van der Waals surface area contributed by atoms with Crippen LogP contribution in [0.15, 0.2) is 82.0 Å². The number of esters is 1. The lowest BCUT2D eigenvalue weighted by Crippen LogP contribution is -2.18. The third-order valence-corrected chi connectivity index (χ3v) is 5.21. The standard InChI is InChI=1S/C28H21NO6/c1-18-12-27(30)35-25-15-22(9-10-23(18)25)33-17-28(31)34-24-11-8-19(14-26(24)32-2)13-21(16-29)20-6-4-3-5-7-20/h3-15H,17H2,1-2H3/b21-13+. The normalized spacial score (nSPS) is 11.1. The number of methoxy groups -OCH3 is 1. The molecule has 0 fully saturated rings. The molecular weight excluding hydrogens is 446 g/mol. The van der Waals surface area contributed by atoms with Gasteiger partial charge < -0.3 is 18.6 Å². The van der Waals surface area contributed by atoms with Crippen LogP contribution in [0.25, 0.3) is 22.6 Å². The molecule has 35 heavy (non-hydrogen) atoms. The molecule has 0 radical (unpaired) electrons. The number of ether oxygens (including phenoxy) is 3. The van der Waals surface area contributed by atoms with E-state index < -0.39 is 11.6 Å². The molecule has 7 heteroatoms. The van der Waals surface area contributed by atoms with Gasteiger partial charge in [-0.2, -0.15) is 5.26 Å². The van der Waals surface area contributed by atoms with E-state index in [4.69, 9.17) is 18.6 Å². The van der Waals surface area contributed by atoms with E-state index in [2.05, 4.69) is 6.07 Å². The van der Waals surface area contributed by atoms with Crippen LogP contribution in [0.2, 0.25) is 0 Å². The van der Waals surface area contributed by atoms with Crippen LogP contribution in [0.1, 0.15) is 16.7 Å². The SMILES string of the molecule is COc1cc(/C=C(\C#N)c2ccccc2)ccc1OC(=O)COc1ccc2c(C)cc(=O)oc2c1. The molecule has 1 aromatic heterocycles. The quantitative estimate of drug-likeness (QED) is 0.122. The summed E-state index contributed by atoms with van der Waals surface area (Å²) in [6, 6.07) is 22.9. The van der Waals surface area contributed by atoms with Crippen molar-refractivity contribution in [1.29, 1.82) is 5.26 Å². The van der Waals surface area contributed by atoms with Gasteiger partial charge in [0.05, 0.1) is 18.8 Å². The Bertz CT molecular complexity index is 1510. The molecule has 0 aliphatic heterocycles. The molecule has 7 nitrogen and oxygen atoms in total. The first kappa shape index (κ1) is 23.3. The van der Waals surface area contributed by atoms with Crippen molar-refractivity contribution in [2.45, 2.75) is 6.92 Å². The van der Waals surface area contributed by atoms with Gasteiger partial charge in [0.2, 0.25) is 0 Å². The number of nitriles is 1. The van der Waals surface area contributed by atoms with Crippen LogP contribution < -0.4 is 19.8 Å². The molecule has 0 bridgehead atoms. The van der Waals surface area contributed by atoms with Crippen LogP contribution in [0.5, 0.6) is 17.2 Å². The Morgan fingerprint density at radius 1 is 1.03 bits per heavy atom. The van der Waals surface area contributed by atoms with Gasteiger partial charge in [-0.05, 0) is 54.0 Å². The van der Waals surface area contributed by atoms with Crippen LogP contribution in [0.3, 0.4) is 0 Å². The highest BCUT2D eigenvalue weighted by Gasteiger charge is 2.13. The lowest BCUT2D eigenvalue weighted by Gasteiger charge is -2.11. The fourth-order valence-corrected chi connectivity index (χ4v) is 3.51. The number of aryl methyl sites for hydroxylation is 1. The zero-order valence-electron chi connectivity index (χ0n) is 19.1. The zero-order chi connectivity index (χ0) is 24.8. The number of benzene rings is 3. The van der Waals surface area contributed by atoms with Crippen molar-refractivity contribution in [3.63, 3.8) is 0 Å². The van der Waals surface area contributed by atoms with Crippen LogP contribution in [-0.2, 0) is 4.79 Å². The lowest BCUT2D eigenvalue weighted by atomic mass is 10.0. The van der Waals surface area contributed by atoms with Crippen molar-refractivity contribution in [2.75, 3.05) is 13.7 Å². The predicted molar refractivity (Wildman–Crippen MR) is 131 cm³/mol. The maximum Gasteiger partial charge on any atom is 0.349 e. The van der Waals surface area contributed by atoms with Crippen LogP contribution in [0, 0.1) is 18.3 Å². The average molecular weight is 467 g/mol. The van der Waals surface area contributed by atoms with Crippen molar-refractivity contribution in [2.24, 2.45) is 0 Å². The summed E-state index contributed by atoms with van der Waals surface area (Å²) >= 11 is 0. The molecule has 0 saturated heterocycles. The summed E-state index contributed by atoms with van der Waals surface area (Å²) in [5, 5.41) is 10.3. The van der Waals surface area contributed by atoms with Gasteiger partial charge in [-0.15, -0.1) is 0 Å².